The van der Waals surface area contributed by atoms with Gasteiger partial charge >= 0.3 is 0 Å². The molecule has 0 atom stereocenters. The third-order valence-electron chi connectivity index (χ3n) is 1.79. The lowest BCUT2D eigenvalue weighted by Crippen LogP contribution is -2.12. The van der Waals surface area contributed by atoms with E-state index in [2.05, 4.69) is 17.5 Å². The molecular weight excluding hydrogens is 148 g/mol. The van der Waals surface area contributed by atoms with Crippen molar-refractivity contribution in [2.75, 3.05) is 20.1 Å². The van der Waals surface area contributed by atoms with E-state index >= 15 is 0 Å². The average Bonchev–Trinajstić information content (AvgIpc) is 2.18. The highest BCUT2D eigenvalue weighted by Crippen LogP contribution is 2.07. The normalized spacial score (nSPS) is 15.2. The third-order valence-corrected chi connectivity index (χ3v) is 1.79. The topological polar surface area (TPSA) is 38.0 Å². The quantitative estimate of drug-likeness (QED) is 0.499. The summed E-state index contributed by atoms with van der Waals surface area (Å²) in [6, 6.07) is 0. The first-order chi connectivity index (χ1) is 5.91. The van der Waals surface area contributed by atoms with Gasteiger partial charge in [-0.1, -0.05) is 12.2 Å². The van der Waals surface area contributed by atoms with Gasteiger partial charge in [0.2, 0.25) is 0 Å². The van der Waals surface area contributed by atoms with Crippen molar-refractivity contribution in [3.8, 4) is 0 Å². The van der Waals surface area contributed by atoms with Gasteiger partial charge in [0.1, 0.15) is 0 Å². The largest absolute Gasteiger partial charge is 0.330 e. The Morgan fingerprint density at radius 2 is 1.83 bits per heavy atom. The molecule has 0 aromatic rings. The fourth-order valence-electron chi connectivity index (χ4n) is 1.04. The summed E-state index contributed by atoms with van der Waals surface area (Å²) >= 11 is 0. The van der Waals surface area contributed by atoms with Crippen molar-refractivity contribution in [2.24, 2.45) is 5.73 Å². The molecule has 1 aliphatic carbocycles. The van der Waals surface area contributed by atoms with Gasteiger partial charge in [-0.25, -0.2) is 0 Å². The van der Waals surface area contributed by atoms with Gasteiger partial charge in [0.25, 0.3) is 0 Å². The Kier molecular flexibility index (Phi) is 10.4. The van der Waals surface area contributed by atoms with Crippen LogP contribution in [0.15, 0.2) is 12.2 Å². The van der Waals surface area contributed by atoms with Crippen molar-refractivity contribution in [2.45, 2.75) is 32.1 Å². The van der Waals surface area contributed by atoms with Crippen molar-refractivity contribution in [1.82, 2.24) is 5.32 Å². The second-order valence-corrected chi connectivity index (χ2v) is 3.00. The van der Waals surface area contributed by atoms with Crippen LogP contribution in [0.1, 0.15) is 32.1 Å². The van der Waals surface area contributed by atoms with Crippen LogP contribution < -0.4 is 11.1 Å². The molecule has 0 aliphatic heterocycles. The van der Waals surface area contributed by atoms with Gasteiger partial charge in [-0.2, -0.15) is 0 Å². The summed E-state index contributed by atoms with van der Waals surface area (Å²) in [5, 5.41) is 2.99. The lowest BCUT2D eigenvalue weighted by molar-refractivity contribution is 0.730. The van der Waals surface area contributed by atoms with Gasteiger partial charge in [-0.05, 0) is 52.2 Å². The summed E-state index contributed by atoms with van der Waals surface area (Å²) in [6.07, 6.45) is 11.1. The highest BCUT2D eigenvalue weighted by atomic mass is 14.8. The lowest BCUT2D eigenvalue weighted by atomic mass is 10.1. The lowest BCUT2D eigenvalue weighted by Gasteiger charge is -1.97. The molecule has 0 radical (unpaired) electrons. The Labute approximate surface area is 76.2 Å². The molecule has 0 aromatic carbocycles. The SMILES string of the molecule is C1=CCCCC1.CNCCCN. The Hall–Kier alpha value is -0.340. The van der Waals surface area contributed by atoms with E-state index in [0.29, 0.717) is 0 Å². The van der Waals surface area contributed by atoms with Crippen LogP contribution in [0.3, 0.4) is 0 Å². The van der Waals surface area contributed by atoms with Crippen molar-refractivity contribution in [3.63, 3.8) is 0 Å². The number of nitrogens with one attached hydrogen (secondary N) is 1. The van der Waals surface area contributed by atoms with Crippen LogP contribution in [0.2, 0.25) is 0 Å². The van der Waals surface area contributed by atoms with Crippen LogP contribution in [0.4, 0.5) is 0 Å². The van der Waals surface area contributed by atoms with Crippen LogP contribution in [0.5, 0.6) is 0 Å². The number of allylic oxidation sites excluding steroid dienone is 2. The molecule has 0 unspecified atom stereocenters. The third kappa shape index (κ3) is 9.66. The summed E-state index contributed by atoms with van der Waals surface area (Å²) in [5.74, 6) is 0. The van der Waals surface area contributed by atoms with E-state index in [1.165, 1.54) is 25.7 Å². The van der Waals surface area contributed by atoms with E-state index < -0.39 is 0 Å². The van der Waals surface area contributed by atoms with Crippen molar-refractivity contribution >= 4 is 0 Å². The number of hydrogen-bond donors (Lipinski definition) is 2. The van der Waals surface area contributed by atoms with Gasteiger partial charge < -0.3 is 11.1 Å². The number of hydrogen-bond acceptors (Lipinski definition) is 2. The molecule has 0 amide bonds. The molecule has 2 heteroatoms. The number of nitrogens with two attached hydrogens (primary N) is 1. The van der Waals surface area contributed by atoms with Crippen LogP contribution in [-0.4, -0.2) is 20.1 Å². The fourth-order valence-corrected chi connectivity index (χ4v) is 1.04. The van der Waals surface area contributed by atoms with Gasteiger partial charge in [-0.15, -0.1) is 0 Å². The minimum atomic E-state index is 0.792. The van der Waals surface area contributed by atoms with E-state index in [0.717, 1.165) is 19.5 Å². The molecule has 12 heavy (non-hydrogen) atoms. The molecular formula is C10H22N2. The van der Waals surface area contributed by atoms with E-state index in [-0.39, 0.29) is 0 Å². The molecule has 0 saturated carbocycles. The van der Waals surface area contributed by atoms with Crippen molar-refractivity contribution < 1.29 is 0 Å². The highest BCUT2D eigenvalue weighted by molar-refractivity contribution is 4.85. The average molecular weight is 170 g/mol. The Morgan fingerprint density at radius 3 is 2.00 bits per heavy atom. The maximum atomic E-state index is 5.17. The van der Waals surface area contributed by atoms with Gasteiger partial charge in [0.15, 0.2) is 0 Å². The van der Waals surface area contributed by atoms with Gasteiger partial charge in [0, 0.05) is 0 Å². The van der Waals surface area contributed by atoms with Crippen LogP contribution in [0.25, 0.3) is 0 Å². The second-order valence-electron chi connectivity index (χ2n) is 3.00. The Bertz CT molecular complexity index is 88.0. The van der Waals surface area contributed by atoms with E-state index in [9.17, 15) is 0 Å². The molecule has 0 saturated heterocycles. The zero-order valence-corrected chi connectivity index (χ0v) is 8.18. The highest BCUT2D eigenvalue weighted by Gasteiger charge is 1.87. The van der Waals surface area contributed by atoms with Crippen LogP contribution >= 0.6 is 0 Å². The van der Waals surface area contributed by atoms with E-state index in [1.54, 1.807) is 0 Å². The minimum absolute atomic E-state index is 0.792. The standard InChI is InChI=1S/C6H10.C4H12N2/c1-2-4-6-5-3-1;1-6-4-2-3-5/h1-2H,3-6H2;6H,2-5H2,1H3. The fraction of sp³-hybridized carbons (Fsp3) is 0.800. The zero-order valence-electron chi connectivity index (χ0n) is 8.18. The molecule has 72 valence electrons. The van der Waals surface area contributed by atoms with E-state index in [1.807, 2.05) is 7.05 Å². The first-order valence-electron chi connectivity index (χ1n) is 4.91. The smallest absolute Gasteiger partial charge is 0.00399 e. The zero-order chi connectivity index (χ0) is 9.07. The molecule has 0 spiro atoms. The molecule has 0 aromatic heterocycles. The monoisotopic (exact) mass is 170 g/mol. The molecule has 0 heterocycles. The summed E-state index contributed by atoms with van der Waals surface area (Å²) in [7, 11) is 1.93. The maximum absolute atomic E-state index is 5.17. The molecule has 0 bridgehead atoms. The Balaban J connectivity index is 0.000000202. The molecule has 3 N–H and O–H groups in total. The van der Waals surface area contributed by atoms with Crippen molar-refractivity contribution in [3.05, 3.63) is 12.2 Å². The molecule has 1 rings (SSSR count). The Morgan fingerprint density at radius 1 is 1.25 bits per heavy atom. The summed E-state index contributed by atoms with van der Waals surface area (Å²) < 4.78 is 0. The van der Waals surface area contributed by atoms with E-state index in [4.69, 9.17) is 5.73 Å². The second kappa shape index (κ2) is 10.7. The molecule has 1 aliphatic rings. The number of rotatable bonds is 3. The van der Waals surface area contributed by atoms with Crippen LogP contribution in [-0.2, 0) is 0 Å². The molecule has 2 nitrogen and oxygen atoms in total. The summed E-state index contributed by atoms with van der Waals surface area (Å²) in [5.41, 5.74) is 5.17. The predicted molar refractivity (Wildman–Crippen MR) is 55.2 cm³/mol. The predicted octanol–water partition coefficient (Wildman–Crippen LogP) is 1.67. The first kappa shape index (κ1) is 11.7. The van der Waals surface area contributed by atoms with Gasteiger partial charge in [0.05, 0.1) is 0 Å². The maximum Gasteiger partial charge on any atom is -0.00399 e. The first-order valence-corrected chi connectivity index (χ1v) is 4.91. The summed E-state index contributed by atoms with van der Waals surface area (Å²) in [4.78, 5) is 0. The van der Waals surface area contributed by atoms with Crippen LogP contribution in [0, 0.1) is 0 Å². The minimum Gasteiger partial charge on any atom is -0.330 e. The molecule has 0 fully saturated rings. The summed E-state index contributed by atoms with van der Waals surface area (Å²) in [6.45, 7) is 1.83. The van der Waals surface area contributed by atoms with Gasteiger partial charge in [-0.3, -0.25) is 0 Å². The van der Waals surface area contributed by atoms with Crippen molar-refractivity contribution in [1.29, 1.82) is 0 Å².